The maximum absolute atomic E-state index is 12.6. The third-order valence-corrected chi connectivity index (χ3v) is 6.96. The van der Waals surface area contributed by atoms with Gasteiger partial charge in [-0.1, -0.05) is 12.2 Å². The molecule has 0 amide bonds. The number of aryl methyl sites for hydroxylation is 1. The monoisotopic (exact) mass is 484 g/mol. The van der Waals surface area contributed by atoms with Gasteiger partial charge < -0.3 is 9.30 Å². The number of aromatic nitrogens is 1. The Morgan fingerprint density at radius 1 is 0.970 bits per heavy atom. The highest BCUT2D eigenvalue weighted by Gasteiger charge is 2.20. The second kappa shape index (κ2) is 8.31. The van der Waals surface area contributed by atoms with Crippen molar-refractivity contribution in [2.75, 3.05) is 18.8 Å². The molecule has 3 aromatic rings. The van der Waals surface area contributed by atoms with E-state index < -0.39 is 19.6 Å². The molecule has 1 aromatic heterocycles. The number of pyridine rings is 1. The molecule has 33 heavy (non-hydrogen) atoms. The van der Waals surface area contributed by atoms with E-state index in [-0.39, 0.29) is 10.5 Å². The van der Waals surface area contributed by atoms with E-state index in [4.69, 9.17) is 4.74 Å². The molecule has 0 aliphatic heterocycles. The predicted octanol–water partition coefficient (Wildman–Crippen LogP) is 4.18. The molecule has 7 nitrogen and oxygen atoms in total. The van der Waals surface area contributed by atoms with Crippen LogP contribution in [0.25, 0.3) is 17.2 Å². The summed E-state index contributed by atoms with van der Waals surface area (Å²) in [7, 11) is -4.00. The van der Waals surface area contributed by atoms with Gasteiger partial charge in [0.25, 0.3) is 5.56 Å². The van der Waals surface area contributed by atoms with E-state index in [1.165, 1.54) is 12.1 Å². The first-order chi connectivity index (χ1) is 15.4. The molecule has 0 N–H and O–H groups in total. The largest absolute Gasteiger partial charge is 0.457 e. The molecule has 0 unspecified atom stereocenters. The van der Waals surface area contributed by atoms with E-state index in [9.17, 15) is 17.4 Å². The van der Waals surface area contributed by atoms with Gasteiger partial charge in [-0.05, 0) is 54.4 Å². The van der Waals surface area contributed by atoms with Crippen LogP contribution < -0.4 is 10.3 Å². The number of sulfone groups is 1. The van der Waals surface area contributed by atoms with Crippen molar-refractivity contribution in [3.63, 3.8) is 0 Å². The van der Waals surface area contributed by atoms with Crippen molar-refractivity contribution in [1.82, 2.24) is 4.57 Å². The molecule has 2 aromatic carbocycles. The molecule has 0 atom stereocenters. The quantitative estimate of drug-likeness (QED) is 0.542. The SMILES string of the molecule is Cn1cc(-c2cc(N=S(C)(C)=O)ccc2Oc2ccc(S(C)(=O)=O)cc2)c2c(c1=O)CC=C2. The van der Waals surface area contributed by atoms with Crippen molar-refractivity contribution >= 4 is 31.3 Å². The lowest BCUT2D eigenvalue weighted by Gasteiger charge is -2.16. The number of hydrogen-bond acceptors (Lipinski definition) is 6. The van der Waals surface area contributed by atoms with Crippen LogP contribution in [0.2, 0.25) is 0 Å². The molecule has 172 valence electrons. The Hall–Kier alpha value is -3.17. The number of benzene rings is 2. The number of rotatable bonds is 5. The van der Waals surface area contributed by atoms with Gasteiger partial charge in [-0.3, -0.25) is 4.79 Å². The standard InChI is InChI=1S/C24H24N2O5S2/c1-26-15-22(19-6-5-7-20(19)24(26)27)21-14-16(25-32(2,3)28)8-13-23(21)31-17-9-11-18(12-10-17)33(4,29)30/h5-6,8-15H,7H2,1-4H3. The maximum Gasteiger partial charge on any atom is 0.254 e. The summed E-state index contributed by atoms with van der Waals surface area (Å²) in [5.74, 6) is 0.959. The summed E-state index contributed by atoms with van der Waals surface area (Å²) in [6.07, 6.45) is 10.4. The zero-order chi connectivity index (χ0) is 24.0. The molecule has 0 saturated carbocycles. The Bertz CT molecular complexity index is 1570. The van der Waals surface area contributed by atoms with Crippen LogP contribution in [-0.2, 0) is 33.0 Å². The first-order valence-corrected chi connectivity index (χ1v) is 14.3. The zero-order valence-electron chi connectivity index (χ0n) is 18.7. The molecular formula is C24H24N2O5S2. The lowest BCUT2D eigenvalue weighted by Crippen LogP contribution is -2.21. The summed E-state index contributed by atoms with van der Waals surface area (Å²) >= 11 is 0. The van der Waals surface area contributed by atoms with Gasteiger partial charge in [-0.2, -0.15) is 4.36 Å². The highest BCUT2D eigenvalue weighted by atomic mass is 32.2. The summed E-state index contributed by atoms with van der Waals surface area (Å²) < 4.78 is 47.8. The van der Waals surface area contributed by atoms with Gasteiger partial charge >= 0.3 is 0 Å². The molecule has 4 rings (SSSR count). The average molecular weight is 485 g/mol. The lowest BCUT2D eigenvalue weighted by atomic mass is 9.98. The van der Waals surface area contributed by atoms with Crippen LogP contribution in [-0.4, -0.2) is 36.0 Å². The van der Waals surface area contributed by atoms with Crippen molar-refractivity contribution in [3.8, 4) is 22.6 Å². The first-order valence-electron chi connectivity index (χ1n) is 10.1. The van der Waals surface area contributed by atoms with Crippen LogP contribution >= 0.6 is 0 Å². The number of allylic oxidation sites excluding steroid dienone is 1. The minimum Gasteiger partial charge on any atom is -0.457 e. The van der Waals surface area contributed by atoms with Crippen LogP contribution in [0, 0.1) is 0 Å². The van der Waals surface area contributed by atoms with E-state index in [0.29, 0.717) is 34.7 Å². The lowest BCUT2D eigenvalue weighted by molar-refractivity contribution is 0.484. The van der Waals surface area contributed by atoms with Gasteiger partial charge in [0, 0.05) is 58.4 Å². The Kier molecular flexibility index (Phi) is 5.79. The molecule has 0 saturated heterocycles. The number of ether oxygens (including phenoxy) is 1. The highest BCUT2D eigenvalue weighted by molar-refractivity contribution is 7.92. The van der Waals surface area contributed by atoms with Gasteiger partial charge in [0.05, 0.1) is 10.6 Å². The molecule has 1 aliphatic rings. The van der Waals surface area contributed by atoms with E-state index in [0.717, 1.165) is 17.4 Å². The van der Waals surface area contributed by atoms with E-state index >= 15 is 0 Å². The number of hydrogen-bond donors (Lipinski definition) is 0. The molecule has 9 heteroatoms. The average Bonchev–Trinajstić information content (AvgIpc) is 3.21. The van der Waals surface area contributed by atoms with Crippen molar-refractivity contribution in [2.24, 2.45) is 11.4 Å². The fraction of sp³-hybridized carbons (Fsp3) is 0.208. The van der Waals surface area contributed by atoms with Gasteiger partial charge in [0.2, 0.25) is 0 Å². The van der Waals surface area contributed by atoms with Gasteiger partial charge in [0.15, 0.2) is 9.84 Å². The van der Waals surface area contributed by atoms with Crippen molar-refractivity contribution in [3.05, 3.63) is 76.2 Å². The second-order valence-electron chi connectivity index (χ2n) is 8.26. The summed E-state index contributed by atoms with van der Waals surface area (Å²) in [6.45, 7) is 0. The molecule has 1 heterocycles. The summed E-state index contributed by atoms with van der Waals surface area (Å²) in [5.41, 5.74) is 3.48. The van der Waals surface area contributed by atoms with Crippen LogP contribution in [0.15, 0.2) is 68.8 Å². The second-order valence-corrected chi connectivity index (χ2v) is 12.8. The van der Waals surface area contributed by atoms with E-state index in [1.807, 2.05) is 12.2 Å². The van der Waals surface area contributed by atoms with Crippen LogP contribution in [0.3, 0.4) is 0 Å². The van der Waals surface area contributed by atoms with Crippen molar-refractivity contribution in [2.45, 2.75) is 11.3 Å². The Labute approximate surface area is 193 Å². The van der Waals surface area contributed by atoms with Crippen molar-refractivity contribution < 1.29 is 17.4 Å². The summed E-state index contributed by atoms with van der Waals surface area (Å²) in [4.78, 5) is 12.8. The minimum atomic E-state index is -3.32. The first kappa shape index (κ1) is 23.0. The predicted molar refractivity (Wildman–Crippen MR) is 132 cm³/mol. The smallest absolute Gasteiger partial charge is 0.254 e. The molecule has 0 bridgehead atoms. The third-order valence-electron chi connectivity index (χ3n) is 5.18. The summed E-state index contributed by atoms with van der Waals surface area (Å²) in [6, 6.07) is 11.4. The molecular weight excluding hydrogens is 460 g/mol. The zero-order valence-corrected chi connectivity index (χ0v) is 20.4. The van der Waals surface area contributed by atoms with Crippen LogP contribution in [0.1, 0.15) is 11.1 Å². The number of nitrogens with zero attached hydrogens (tertiary/aromatic N) is 2. The Morgan fingerprint density at radius 2 is 1.67 bits per heavy atom. The fourth-order valence-corrected chi connectivity index (χ4v) is 4.97. The summed E-state index contributed by atoms with van der Waals surface area (Å²) in [5, 5.41) is 0. The number of fused-ring (bicyclic) bond motifs is 1. The van der Waals surface area contributed by atoms with Crippen LogP contribution in [0.4, 0.5) is 5.69 Å². The third kappa shape index (κ3) is 4.94. The van der Waals surface area contributed by atoms with E-state index in [1.54, 1.807) is 60.7 Å². The fourth-order valence-electron chi connectivity index (χ4n) is 3.72. The van der Waals surface area contributed by atoms with Crippen molar-refractivity contribution in [1.29, 1.82) is 0 Å². The topological polar surface area (TPSA) is 94.8 Å². The highest BCUT2D eigenvalue weighted by Crippen LogP contribution is 2.40. The maximum atomic E-state index is 12.6. The minimum absolute atomic E-state index is 0.0523. The normalized spacial score (nSPS) is 13.1. The molecule has 1 aliphatic carbocycles. The molecule has 0 spiro atoms. The van der Waals surface area contributed by atoms with Gasteiger partial charge in [-0.15, -0.1) is 0 Å². The molecule has 0 fully saturated rings. The Morgan fingerprint density at radius 3 is 2.30 bits per heavy atom. The van der Waals surface area contributed by atoms with Crippen LogP contribution in [0.5, 0.6) is 11.5 Å². The molecule has 0 radical (unpaired) electrons. The van der Waals surface area contributed by atoms with Gasteiger partial charge in [0.1, 0.15) is 11.5 Å². The van der Waals surface area contributed by atoms with E-state index in [2.05, 4.69) is 4.36 Å². The Balaban J connectivity index is 1.88. The van der Waals surface area contributed by atoms with Gasteiger partial charge in [-0.25, -0.2) is 12.6 Å².